The van der Waals surface area contributed by atoms with Crippen LogP contribution < -0.4 is 5.69 Å². The molecule has 2 N–H and O–H groups in total. The first kappa shape index (κ1) is 13.8. The van der Waals surface area contributed by atoms with Crippen LogP contribution in [0, 0.1) is 12.8 Å². The van der Waals surface area contributed by atoms with Gasteiger partial charge in [0, 0.05) is 11.4 Å². The molecule has 0 amide bonds. The third-order valence-electron chi connectivity index (χ3n) is 2.50. The molecular weight excluding hydrogens is 240 g/mol. The van der Waals surface area contributed by atoms with Crippen molar-refractivity contribution in [3.05, 3.63) is 21.7 Å². The van der Waals surface area contributed by atoms with Gasteiger partial charge in [-0.25, -0.2) is 9.59 Å². The van der Waals surface area contributed by atoms with Crippen LogP contribution >= 0.6 is 11.8 Å². The van der Waals surface area contributed by atoms with Gasteiger partial charge < -0.3 is 10.1 Å². The lowest BCUT2D eigenvalue weighted by Crippen LogP contribution is -2.18. The molecule has 0 bridgehead atoms. The Morgan fingerprint density at radius 2 is 2.24 bits per heavy atom. The molecule has 0 saturated heterocycles. The van der Waals surface area contributed by atoms with E-state index >= 15 is 0 Å². The average molecular weight is 256 g/mol. The standard InChI is InChI=1S/C11H16N2O3S/c1-4-6(2)5-17-9-8(10(14)15)7(3)12-11(16)13-9/h6H,4-5H2,1-3H3,(H,14,15)(H,12,13,16). The number of aryl methyl sites for hydroxylation is 1. The predicted molar refractivity (Wildman–Crippen MR) is 66.7 cm³/mol. The lowest BCUT2D eigenvalue weighted by Gasteiger charge is -2.09. The number of carbonyl (C=O) groups is 1. The normalized spacial score (nSPS) is 12.4. The molecule has 17 heavy (non-hydrogen) atoms. The van der Waals surface area contributed by atoms with Gasteiger partial charge in [0.25, 0.3) is 0 Å². The number of hydrogen-bond acceptors (Lipinski definition) is 4. The summed E-state index contributed by atoms with van der Waals surface area (Å²) >= 11 is 1.32. The Bertz CT molecular complexity index is 470. The van der Waals surface area contributed by atoms with Crippen molar-refractivity contribution in [2.75, 3.05) is 5.75 Å². The Hall–Kier alpha value is -1.30. The fourth-order valence-corrected chi connectivity index (χ4v) is 2.47. The van der Waals surface area contributed by atoms with Gasteiger partial charge in [-0.05, 0) is 12.8 Å². The topological polar surface area (TPSA) is 83.0 Å². The summed E-state index contributed by atoms with van der Waals surface area (Å²) in [6, 6.07) is 0. The average Bonchev–Trinajstić information content (AvgIpc) is 2.24. The molecule has 6 heteroatoms. The van der Waals surface area contributed by atoms with Crippen molar-refractivity contribution in [3.63, 3.8) is 0 Å². The Labute approximate surface area is 104 Å². The van der Waals surface area contributed by atoms with Crippen molar-refractivity contribution in [1.82, 2.24) is 9.97 Å². The minimum Gasteiger partial charge on any atom is -0.478 e. The summed E-state index contributed by atoms with van der Waals surface area (Å²) in [5, 5.41) is 9.39. The molecule has 0 spiro atoms. The van der Waals surface area contributed by atoms with Crippen LogP contribution in [0.15, 0.2) is 9.82 Å². The molecule has 0 radical (unpaired) electrons. The number of aromatic amines is 1. The summed E-state index contributed by atoms with van der Waals surface area (Å²) in [4.78, 5) is 28.5. The van der Waals surface area contributed by atoms with Crippen molar-refractivity contribution >= 4 is 17.7 Å². The number of carboxylic acid groups (broad SMARTS) is 1. The number of aromatic nitrogens is 2. The molecule has 0 aliphatic rings. The zero-order chi connectivity index (χ0) is 13.0. The summed E-state index contributed by atoms with van der Waals surface area (Å²) in [5.74, 6) is 0.160. The van der Waals surface area contributed by atoms with Crippen LogP contribution in [0.5, 0.6) is 0 Å². The lowest BCUT2D eigenvalue weighted by atomic mass is 10.2. The molecule has 0 saturated carbocycles. The van der Waals surface area contributed by atoms with E-state index in [0.717, 1.165) is 12.2 Å². The highest BCUT2D eigenvalue weighted by Gasteiger charge is 2.17. The maximum atomic E-state index is 11.2. The van der Waals surface area contributed by atoms with Gasteiger partial charge in [-0.1, -0.05) is 20.3 Å². The van der Waals surface area contributed by atoms with Gasteiger partial charge in [0.1, 0.15) is 10.6 Å². The van der Waals surface area contributed by atoms with Crippen LogP contribution in [0.1, 0.15) is 36.3 Å². The predicted octanol–water partition coefficient (Wildman–Crippen LogP) is 1.91. The third kappa shape index (κ3) is 3.59. The molecule has 0 aliphatic carbocycles. The van der Waals surface area contributed by atoms with Crippen LogP contribution in [-0.4, -0.2) is 26.8 Å². The van der Waals surface area contributed by atoms with Crippen LogP contribution in [0.2, 0.25) is 0 Å². The number of H-pyrrole nitrogens is 1. The second kappa shape index (κ2) is 5.86. The van der Waals surface area contributed by atoms with E-state index in [4.69, 9.17) is 5.11 Å². The molecule has 1 rings (SSSR count). The Balaban J connectivity index is 3.04. The highest BCUT2D eigenvalue weighted by Crippen LogP contribution is 2.23. The fourth-order valence-electron chi connectivity index (χ4n) is 1.25. The number of nitrogens with zero attached hydrogens (tertiary/aromatic N) is 1. The smallest absolute Gasteiger partial charge is 0.346 e. The van der Waals surface area contributed by atoms with E-state index in [9.17, 15) is 9.59 Å². The van der Waals surface area contributed by atoms with E-state index in [0.29, 0.717) is 16.6 Å². The second-order valence-corrected chi connectivity index (χ2v) is 4.99. The summed E-state index contributed by atoms with van der Waals surface area (Å²) in [6.07, 6.45) is 1.01. The van der Waals surface area contributed by atoms with Gasteiger partial charge in [0.2, 0.25) is 0 Å². The highest BCUT2D eigenvalue weighted by atomic mass is 32.2. The van der Waals surface area contributed by atoms with Gasteiger partial charge in [-0.15, -0.1) is 11.8 Å². The minimum absolute atomic E-state index is 0.0953. The molecule has 1 aromatic heterocycles. The first-order valence-corrected chi connectivity index (χ1v) is 6.41. The number of nitrogens with one attached hydrogen (secondary N) is 1. The summed E-state index contributed by atoms with van der Waals surface area (Å²) in [7, 11) is 0. The monoisotopic (exact) mass is 256 g/mol. The second-order valence-electron chi connectivity index (χ2n) is 3.98. The van der Waals surface area contributed by atoms with Crippen LogP contribution in [-0.2, 0) is 0 Å². The summed E-state index contributed by atoms with van der Waals surface area (Å²) < 4.78 is 0. The van der Waals surface area contributed by atoms with E-state index in [1.165, 1.54) is 11.8 Å². The molecule has 1 atom stereocenters. The SMILES string of the molecule is CCC(C)CSc1nc(=O)[nH]c(C)c1C(=O)O. The molecule has 1 heterocycles. The molecule has 0 aromatic carbocycles. The molecule has 94 valence electrons. The maximum absolute atomic E-state index is 11.2. The lowest BCUT2D eigenvalue weighted by molar-refractivity contribution is 0.0690. The number of aromatic carboxylic acids is 1. The van der Waals surface area contributed by atoms with Gasteiger partial charge in [-0.3, -0.25) is 0 Å². The Morgan fingerprint density at radius 3 is 2.76 bits per heavy atom. The maximum Gasteiger partial charge on any atom is 0.346 e. The zero-order valence-corrected chi connectivity index (χ0v) is 10.9. The first-order chi connectivity index (χ1) is 7.95. The quantitative estimate of drug-likeness (QED) is 0.621. The van der Waals surface area contributed by atoms with Crippen molar-refractivity contribution < 1.29 is 9.90 Å². The van der Waals surface area contributed by atoms with E-state index in [1.54, 1.807) is 6.92 Å². The van der Waals surface area contributed by atoms with Crippen molar-refractivity contribution in [2.45, 2.75) is 32.2 Å². The van der Waals surface area contributed by atoms with E-state index in [-0.39, 0.29) is 5.56 Å². The molecular formula is C11H16N2O3S. The van der Waals surface area contributed by atoms with Crippen LogP contribution in [0.25, 0.3) is 0 Å². The molecule has 5 nitrogen and oxygen atoms in total. The third-order valence-corrected chi connectivity index (χ3v) is 3.81. The van der Waals surface area contributed by atoms with Crippen molar-refractivity contribution in [1.29, 1.82) is 0 Å². The first-order valence-electron chi connectivity index (χ1n) is 5.42. The van der Waals surface area contributed by atoms with Gasteiger partial charge in [0.05, 0.1) is 0 Å². The van der Waals surface area contributed by atoms with E-state index in [2.05, 4.69) is 23.8 Å². The number of carboxylic acids is 1. The van der Waals surface area contributed by atoms with Gasteiger partial charge in [0.15, 0.2) is 0 Å². The van der Waals surface area contributed by atoms with Crippen molar-refractivity contribution in [3.8, 4) is 0 Å². The minimum atomic E-state index is -1.06. The number of rotatable bonds is 5. The molecule has 0 fully saturated rings. The number of hydrogen-bond donors (Lipinski definition) is 2. The fraction of sp³-hybridized carbons (Fsp3) is 0.545. The van der Waals surface area contributed by atoms with Gasteiger partial charge in [-0.2, -0.15) is 4.98 Å². The zero-order valence-electron chi connectivity index (χ0n) is 10.1. The molecule has 0 aliphatic heterocycles. The Kier molecular flexibility index (Phi) is 4.74. The molecule has 1 aromatic rings. The van der Waals surface area contributed by atoms with Crippen LogP contribution in [0.3, 0.4) is 0 Å². The number of thioether (sulfide) groups is 1. The summed E-state index contributed by atoms with van der Waals surface area (Å²) in [6.45, 7) is 5.72. The van der Waals surface area contributed by atoms with Gasteiger partial charge >= 0.3 is 11.7 Å². The highest BCUT2D eigenvalue weighted by molar-refractivity contribution is 7.99. The van der Waals surface area contributed by atoms with Crippen LogP contribution in [0.4, 0.5) is 0 Å². The molecule has 1 unspecified atom stereocenters. The van der Waals surface area contributed by atoms with E-state index in [1.807, 2.05) is 0 Å². The largest absolute Gasteiger partial charge is 0.478 e. The van der Waals surface area contributed by atoms with E-state index < -0.39 is 11.7 Å². The Morgan fingerprint density at radius 1 is 1.59 bits per heavy atom. The summed E-state index contributed by atoms with van der Waals surface area (Å²) in [5.41, 5.74) is -0.0544. The van der Waals surface area contributed by atoms with Crippen molar-refractivity contribution in [2.24, 2.45) is 5.92 Å².